The summed E-state index contributed by atoms with van der Waals surface area (Å²) in [7, 11) is 0. The van der Waals surface area contributed by atoms with E-state index < -0.39 is 0 Å². The molecule has 0 fully saturated rings. The molecule has 0 spiro atoms. The summed E-state index contributed by atoms with van der Waals surface area (Å²) in [4.78, 5) is 5.35. The number of benzene rings is 7. The fourth-order valence-electron chi connectivity index (χ4n) is 7.35. The van der Waals surface area contributed by atoms with Crippen molar-refractivity contribution in [3.8, 4) is 44.8 Å². The SMILES string of the molecule is c1ccc(-c2nc3c4ccccc4c4cc(-c5ccc(-c6cccc7c6oc6ccccc67)cc5)ccc4n3c2-c2ccccc2)cc1. The second-order valence-electron chi connectivity index (χ2n) is 12.3. The summed E-state index contributed by atoms with van der Waals surface area (Å²) >= 11 is 0. The molecule has 0 saturated carbocycles. The minimum Gasteiger partial charge on any atom is -0.455 e. The van der Waals surface area contributed by atoms with Crippen LogP contribution in [0.4, 0.5) is 0 Å². The fourth-order valence-corrected chi connectivity index (χ4v) is 7.35. The summed E-state index contributed by atoms with van der Waals surface area (Å²) in [5, 5.41) is 5.81. The molecule has 0 amide bonds. The van der Waals surface area contributed by atoms with Crippen LogP contribution in [-0.2, 0) is 0 Å². The molecule has 0 atom stereocenters. The maximum atomic E-state index is 6.34. The Morgan fingerprint density at radius 1 is 0.417 bits per heavy atom. The van der Waals surface area contributed by atoms with Crippen LogP contribution in [0.3, 0.4) is 0 Å². The van der Waals surface area contributed by atoms with Gasteiger partial charge < -0.3 is 4.42 Å². The van der Waals surface area contributed by atoms with Crippen molar-refractivity contribution in [2.45, 2.75) is 0 Å². The monoisotopic (exact) mass is 612 g/mol. The predicted molar refractivity (Wildman–Crippen MR) is 199 cm³/mol. The molecular weight excluding hydrogens is 585 g/mol. The molecule has 0 saturated heterocycles. The fraction of sp³-hybridized carbons (Fsp3) is 0. The van der Waals surface area contributed by atoms with Crippen LogP contribution in [0.1, 0.15) is 0 Å². The van der Waals surface area contributed by atoms with Gasteiger partial charge >= 0.3 is 0 Å². The van der Waals surface area contributed by atoms with Gasteiger partial charge in [0.25, 0.3) is 0 Å². The van der Waals surface area contributed by atoms with E-state index in [2.05, 4.69) is 162 Å². The first-order chi connectivity index (χ1) is 23.8. The quantitative estimate of drug-likeness (QED) is 0.185. The maximum Gasteiger partial charge on any atom is 0.146 e. The van der Waals surface area contributed by atoms with Gasteiger partial charge in [0.05, 0.1) is 16.9 Å². The number of para-hydroxylation sites is 2. The highest BCUT2D eigenvalue weighted by atomic mass is 16.3. The second kappa shape index (κ2) is 10.5. The zero-order valence-corrected chi connectivity index (χ0v) is 26.0. The number of nitrogens with zero attached hydrogens (tertiary/aromatic N) is 2. The molecule has 10 rings (SSSR count). The van der Waals surface area contributed by atoms with Crippen LogP contribution in [0.15, 0.2) is 174 Å². The molecule has 7 aromatic carbocycles. The number of pyridine rings is 1. The van der Waals surface area contributed by atoms with E-state index in [0.29, 0.717) is 0 Å². The zero-order chi connectivity index (χ0) is 31.6. The van der Waals surface area contributed by atoms with Crippen LogP contribution >= 0.6 is 0 Å². The highest BCUT2D eigenvalue weighted by Crippen LogP contribution is 2.41. The van der Waals surface area contributed by atoms with Crippen LogP contribution in [0.25, 0.3) is 94.0 Å². The molecule has 0 aliphatic carbocycles. The van der Waals surface area contributed by atoms with Crippen molar-refractivity contribution in [1.29, 1.82) is 0 Å². The Kier molecular flexibility index (Phi) is 5.87. The van der Waals surface area contributed by atoms with Crippen LogP contribution < -0.4 is 0 Å². The van der Waals surface area contributed by atoms with E-state index in [9.17, 15) is 0 Å². The Balaban J connectivity index is 1.17. The molecule has 3 heterocycles. The third-order valence-corrected chi connectivity index (χ3v) is 9.60. The molecule has 0 N–H and O–H groups in total. The predicted octanol–water partition coefficient (Wildman–Crippen LogP) is 12.2. The number of hydrogen-bond donors (Lipinski definition) is 0. The lowest BCUT2D eigenvalue weighted by Gasteiger charge is -2.13. The van der Waals surface area contributed by atoms with Crippen LogP contribution in [0, 0.1) is 0 Å². The van der Waals surface area contributed by atoms with Gasteiger partial charge in [0.2, 0.25) is 0 Å². The average molecular weight is 613 g/mol. The van der Waals surface area contributed by atoms with E-state index in [-0.39, 0.29) is 0 Å². The Hall–Kier alpha value is -6.45. The van der Waals surface area contributed by atoms with Crippen molar-refractivity contribution < 1.29 is 4.42 Å². The van der Waals surface area contributed by atoms with Gasteiger partial charge in [0.1, 0.15) is 16.8 Å². The third-order valence-electron chi connectivity index (χ3n) is 9.60. The first-order valence-corrected chi connectivity index (χ1v) is 16.3. The van der Waals surface area contributed by atoms with E-state index in [0.717, 1.165) is 72.1 Å². The molecule has 3 nitrogen and oxygen atoms in total. The Morgan fingerprint density at radius 2 is 1.04 bits per heavy atom. The van der Waals surface area contributed by atoms with Crippen molar-refractivity contribution >= 4 is 49.3 Å². The highest BCUT2D eigenvalue weighted by Gasteiger charge is 2.21. The van der Waals surface area contributed by atoms with Crippen molar-refractivity contribution in [3.63, 3.8) is 0 Å². The zero-order valence-electron chi connectivity index (χ0n) is 26.0. The lowest BCUT2D eigenvalue weighted by Crippen LogP contribution is -1.95. The lowest BCUT2D eigenvalue weighted by molar-refractivity contribution is 0.670. The average Bonchev–Trinajstić information content (AvgIpc) is 3.76. The highest BCUT2D eigenvalue weighted by molar-refractivity contribution is 6.14. The first kappa shape index (κ1) is 26.7. The summed E-state index contributed by atoms with van der Waals surface area (Å²) in [5.41, 5.74) is 12.8. The molecule has 3 aromatic heterocycles. The number of imidazole rings is 1. The van der Waals surface area contributed by atoms with Gasteiger partial charge in [-0.2, -0.15) is 0 Å². The molecule has 0 radical (unpaired) electrons. The van der Waals surface area contributed by atoms with Gasteiger partial charge in [-0.25, -0.2) is 4.98 Å². The molecule has 10 aromatic rings. The summed E-state index contributed by atoms with van der Waals surface area (Å²) in [6, 6.07) is 60.1. The molecular formula is C45H28N2O. The summed E-state index contributed by atoms with van der Waals surface area (Å²) in [5.74, 6) is 0. The van der Waals surface area contributed by atoms with Crippen molar-refractivity contribution in [2.24, 2.45) is 0 Å². The van der Waals surface area contributed by atoms with Gasteiger partial charge in [0.15, 0.2) is 0 Å². The maximum absolute atomic E-state index is 6.34. The minimum absolute atomic E-state index is 0.915. The molecule has 0 aliphatic heterocycles. The Bertz CT molecular complexity index is 2810. The van der Waals surface area contributed by atoms with Gasteiger partial charge in [-0.1, -0.05) is 152 Å². The smallest absolute Gasteiger partial charge is 0.146 e. The second-order valence-corrected chi connectivity index (χ2v) is 12.3. The van der Waals surface area contributed by atoms with Crippen molar-refractivity contribution in [2.75, 3.05) is 0 Å². The first-order valence-electron chi connectivity index (χ1n) is 16.3. The standard InChI is InChI=1S/C45H28N2O/c1-3-12-31(13-4-1)42-43(32-14-5-2-6-15-32)47-40-27-26-33(28-39(40)35-16-7-8-18-38(35)45(47)46-42)29-22-24-30(25-23-29)34-19-11-20-37-36-17-9-10-21-41(36)48-44(34)37/h1-28H. The van der Waals surface area contributed by atoms with Gasteiger partial charge in [0, 0.05) is 38.2 Å². The minimum atomic E-state index is 0.915. The van der Waals surface area contributed by atoms with E-state index in [4.69, 9.17) is 9.40 Å². The Morgan fingerprint density at radius 3 is 1.83 bits per heavy atom. The summed E-state index contributed by atoms with van der Waals surface area (Å²) in [6.45, 7) is 0. The van der Waals surface area contributed by atoms with E-state index >= 15 is 0 Å². The number of furan rings is 1. The topological polar surface area (TPSA) is 30.4 Å². The molecule has 3 heteroatoms. The third kappa shape index (κ3) is 4.04. The molecule has 224 valence electrons. The normalized spacial score (nSPS) is 11.8. The number of fused-ring (bicyclic) bond motifs is 9. The summed E-state index contributed by atoms with van der Waals surface area (Å²) < 4.78 is 8.70. The van der Waals surface area contributed by atoms with Crippen LogP contribution in [-0.4, -0.2) is 9.38 Å². The lowest BCUT2D eigenvalue weighted by atomic mass is 9.97. The van der Waals surface area contributed by atoms with Gasteiger partial charge in [-0.3, -0.25) is 4.40 Å². The Labute approximate surface area is 277 Å². The van der Waals surface area contributed by atoms with Crippen molar-refractivity contribution in [1.82, 2.24) is 9.38 Å². The number of rotatable bonds is 4. The van der Waals surface area contributed by atoms with E-state index in [1.807, 2.05) is 12.1 Å². The molecule has 0 aliphatic rings. The number of hydrogen-bond acceptors (Lipinski definition) is 2. The largest absolute Gasteiger partial charge is 0.455 e. The van der Waals surface area contributed by atoms with E-state index in [1.165, 1.54) is 21.9 Å². The summed E-state index contributed by atoms with van der Waals surface area (Å²) in [6.07, 6.45) is 0. The number of aromatic nitrogens is 2. The molecule has 0 unspecified atom stereocenters. The molecule has 48 heavy (non-hydrogen) atoms. The van der Waals surface area contributed by atoms with Gasteiger partial charge in [-0.05, 0) is 40.3 Å². The van der Waals surface area contributed by atoms with Crippen LogP contribution in [0.2, 0.25) is 0 Å². The van der Waals surface area contributed by atoms with Crippen molar-refractivity contribution in [3.05, 3.63) is 170 Å². The van der Waals surface area contributed by atoms with Gasteiger partial charge in [-0.15, -0.1) is 0 Å². The molecule has 0 bridgehead atoms. The van der Waals surface area contributed by atoms with E-state index in [1.54, 1.807) is 0 Å². The van der Waals surface area contributed by atoms with Crippen LogP contribution in [0.5, 0.6) is 0 Å².